The Kier molecular flexibility index (Phi) is 4.17. The third kappa shape index (κ3) is 3.23. The van der Waals surface area contributed by atoms with Gasteiger partial charge in [0.25, 0.3) is 10.0 Å². The molecule has 6 nitrogen and oxygen atoms in total. The average Bonchev–Trinajstić information content (AvgIpc) is 2.95. The van der Waals surface area contributed by atoms with Gasteiger partial charge in [-0.05, 0) is 17.7 Å². The van der Waals surface area contributed by atoms with E-state index in [1.807, 2.05) is 13.0 Å². The second-order valence-corrected chi connectivity index (χ2v) is 5.92. The molecule has 1 aromatic carbocycles. The van der Waals surface area contributed by atoms with Gasteiger partial charge in [0.05, 0.1) is 17.8 Å². The normalized spacial score (nSPS) is 11.2. The van der Waals surface area contributed by atoms with Gasteiger partial charge in [-0.15, -0.1) is 0 Å². The molecular formula is C13H14N4O2S. The Bertz CT molecular complexity index is 726. The van der Waals surface area contributed by atoms with Gasteiger partial charge in [0.15, 0.2) is 5.03 Å². The highest BCUT2D eigenvalue weighted by Gasteiger charge is 2.16. The molecule has 1 heterocycles. The van der Waals surface area contributed by atoms with E-state index in [0.717, 1.165) is 5.56 Å². The van der Waals surface area contributed by atoms with Crippen molar-refractivity contribution in [1.29, 1.82) is 5.26 Å². The largest absolute Gasteiger partial charge is 0.332 e. The first kappa shape index (κ1) is 14.2. The van der Waals surface area contributed by atoms with Gasteiger partial charge in [-0.1, -0.05) is 19.1 Å². The summed E-state index contributed by atoms with van der Waals surface area (Å²) in [6, 6.07) is 8.73. The summed E-state index contributed by atoms with van der Waals surface area (Å²) in [5, 5.41) is 8.75. The molecule has 0 aliphatic heterocycles. The minimum atomic E-state index is -3.60. The van der Waals surface area contributed by atoms with Gasteiger partial charge in [0, 0.05) is 13.0 Å². The van der Waals surface area contributed by atoms with Crippen molar-refractivity contribution >= 4 is 10.0 Å². The highest BCUT2D eigenvalue weighted by molar-refractivity contribution is 7.89. The molecule has 0 bridgehead atoms. The standard InChI is InChI=1S/C13H14N4O2S/c1-2-12-15-9-13(17-12)20(18,19)16-8-11-5-3-10(7-14)4-6-11/h3-6,9,16H,2,8H2,1H3,(H,15,17). The smallest absolute Gasteiger partial charge is 0.257 e. The van der Waals surface area contributed by atoms with Crippen molar-refractivity contribution in [3.8, 4) is 6.07 Å². The number of rotatable bonds is 5. The molecule has 1 aromatic heterocycles. The number of aryl methyl sites for hydroxylation is 1. The Morgan fingerprint density at radius 3 is 2.60 bits per heavy atom. The van der Waals surface area contributed by atoms with Crippen LogP contribution in [0.3, 0.4) is 0 Å². The van der Waals surface area contributed by atoms with Crippen LogP contribution in [0.15, 0.2) is 35.5 Å². The van der Waals surface area contributed by atoms with Crippen LogP contribution in [-0.2, 0) is 23.0 Å². The van der Waals surface area contributed by atoms with E-state index >= 15 is 0 Å². The zero-order valence-corrected chi connectivity index (χ0v) is 11.7. The number of hydrogen-bond acceptors (Lipinski definition) is 4. The number of imidazole rings is 1. The fraction of sp³-hybridized carbons (Fsp3) is 0.231. The van der Waals surface area contributed by atoms with Crippen LogP contribution in [0.1, 0.15) is 23.9 Å². The van der Waals surface area contributed by atoms with Crippen molar-refractivity contribution in [1.82, 2.24) is 14.7 Å². The molecule has 0 spiro atoms. The van der Waals surface area contributed by atoms with Gasteiger partial charge in [-0.2, -0.15) is 5.26 Å². The molecule has 0 aliphatic carbocycles. The van der Waals surface area contributed by atoms with Gasteiger partial charge in [0.2, 0.25) is 0 Å². The summed E-state index contributed by atoms with van der Waals surface area (Å²) in [5.74, 6) is 0.628. The first-order valence-electron chi connectivity index (χ1n) is 6.07. The summed E-state index contributed by atoms with van der Waals surface area (Å²) in [4.78, 5) is 6.72. The number of benzene rings is 1. The van der Waals surface area contributed by atoms with Crippen LogP contribution in [0.2, 0.25) is 0 Å². The zero-order valence-electron chi connectivity index (χ0n) is 10.9. The van der Waals surface area contributed by atoms with Gasteiger partial charge < -0.3 is 4.98 Å². The Morgan fingerprint density at radius 1 is 1.35 bits per heavy atom. The average molecular weight is 290 g/mol. The van der Waals surface area contributed by atoms with Crippen molar-refractivity contribution < 1.29 is 8.42 Å². The third-order valence-electron chi connectivity index (χ3n) is 2.78. The first-order valence-corrected chi connectivity index (χ1v) is 7.56. The number of H-pyrrole nitrogens is 1. The number of nitrogens with zero attached hydrogens (tertiary/aromatic N) is 2. The Balaban J connectivity index is 2.07. The second kappa shape index (κ2) is 5.86. The van der Waals surface area contributed by atoms with Gasteiger partial charge in [-0.25, -0.2) is 18.1 Å². The predicted molar refractivity (Wildman–Crippen MR) is 73.1 cm³/mol. The molecule has 104 valence electrons. The second-order valence-electron chi connectivity index (χ2n) is 4.18. The molecule has 0 amide bonds. The van der Waals surface area contributed by atoms with E-state index in [1.165, 1.54) is 6.20 Å². The molecule has 20 heavy (non-hydrogen) atoms. The summed E-state index contributed by atoms with van der Waals surface area (Å²) in [5.41, 5.74) is 1.32. The van der Waals surface area contributed by atoms with Gasteiger partial charge in [0.1, 0.15) is 5.82 Å². The van der Waals surface area contributed by atoms with Crippen LogP contribution in [-0.4, -0.2) is 18.4 Å². The SMILES string of the molecule is CCc1ncc(S(=O)(=O)NCc2ccc(C#N)cc2)[nH]1. The quantitative estimate of drug-likeness (QED) is 0.867. The van der Waals surface area contributed by atoms with E-state index in [9.17, 15) is 8.42 Å². The van der Waals surface area contributed by atoms with E-state index in [4.69, 9.17) is 5.26 Å². The number of aromatic nitrogens is 2. The Morgan fingerprint density at radius 2 is 2.05 bits per heavy atom. The minimum absolute atomic E-state index is 0.0583. The fourth-order valence-electron chi connectivity index (χ4n) is 1.61. The van der Waals surface area contributed by atoms with E-state index in [2.05, 4.69) is 14.7 Å². The predicted octanol–water partition coefficient (Wildman–Crippen LogP) is 1.32. The van der Waals surface area contributed by atoms with E-state index in [-0.39, 0.29) is 11.6 Å². The Hall–Kier alpha value is -2.17. The lowest BCUT2D eigenvalue weighted by atomic mass is 10.1. The molecule has 7 heteroatoms. The molecule has 0 saturated carbocycles. The summed E-state index contributed by atoms with van der Waals surface area (Å²) in [7, 11) is -3.60. The maximum Gasteiger partial charge on any atom is 0.257 e. The van der Waals surface area contributed by atoms with Crippen LogP contribution in [0.5, 0.6) is 0 Å². The van der Waals surface area contributed by atoms with Crippen LogP contribution >= 0.6 is 0 Å². The fourth-order valence-corrected chi connectivity index (χ4v) is 2.57. The number of aromatic amines is 1. The molecule has 0 saturated heterocycles. The monoisotopic (exact) mass is 290 g/mol. The molecule has 0 unspecified atom stereocenters. The molecule has 0 atom stereocenters. The lowest BCUT2D eigenvalue weighted by Crippen LogP contribution is -2.23. The van der Waals surface area contributed by atoms with Crippen molar-refractivity contribution in [3.05, 3.63) is 47.4 Å². The van der Waals surface area contributed by atoms with Crippen LogP contribution in [0, 0.1) is 11.3 Å². The molecule has 2 rings (SSSR count). The van der Waals surface area contributed by atoms with Crippen molar-refractivity contribution in [2.45, 2.75) is 24.9 Å². The number of nitrogens with one attached hydrogen (secondary N) is 2. The van der Waals surface area contributed by atoms with Crippen molar-refractivity contribution in [2.75, 3.05) is 0 Å². The lowest BCUT2D eigenvalue weighted by molar-refractivity contribution is 0.578. The van der Waals surface area contributed by atoms with Crippen molar-refractivity contribution in [3.63, 3.8) is 0 Å². The topological polar surface area (TPSA) is 98.6 Å². The lowest BCUT2D eigenvalue weighted by Gasteiger charge is -2.04. The van der Waals surface area contributed by atoms with Crippen LogP contribution in [0.25, 0.3) is 0 Å². The Labute approximate surface area is 117 Å². The third-order valence-corrected chi connectivity index (χ3v) is 4.09. The highest BCUT2D eigenvalue weighted by atomic mass is 32.2. The summed E-state index contributed by atoms with van der Waals surface area (Å²) >= 11 is 0. The first-order chi connectivity index (χ1) is 9.55. The van der Waals surface area contributed by atoms with Crippen LogP contribution in [0.4, 0.5) is 0 Å². The summed E-state index contributed by atoms with van der Waals surface area (Å²) in [6.07, 6.45) is 1.95. The number of sulfonamides is 1. The number of hydrogen-bond donors (Lipinski definition) is 2. The minimum Gasteiger partial charge on any atom is -0.332 e. The number of nitriles is 1. The molecular weight excluding hydrogens is 276 g/mol. The molecule has 0 radical (unpaired) electrons. The summed E-state index contributed by atoms with van der Waals surface area (Å²) < 4.78 is 26.5. The molecule has 2 N–H and O–H groups in total. The molecule has 0 aliphatic rings. The molecule has 2 aromatic rings. The van der Waals surface area contributed by atoms with E-state index in [1.54, 1.807) is 24.3 Å². The van der Waals surface area contributed by atoms with Crippen LogP contribution < -0.4 is 4.72 Å². The maximum absolute atomic E-state index is 12.0. The van der Waals surface area contributed by atoms with Gasteiger partial charge in [-0.3, -0.25) is 0 Å². The van der Waals surface area contributed by atoms with E-state index < -0.39 is 10.0 Å². The van der Waals surface area contributed by atoms with Gasteiger partial charge >= 0.3 is 0 Å². The van der Waals surface area contributed by atoms with E-state index in [0.29, 0.717) is 17.8 Å². The highest BCUT2D eigenvalue weighted by Crippen LogP contribution is 2.08. The summed E-state index contributed by atoms with van der Waals surface area (Å²) in [6.45, 7) is 2.05. The maximum atomic E-state index is 12.0. The molecule has 0 fully saturated rings. The van der Waals surface area contributed by atoms with Crippen molar-refractivity contribution in [2.24, 2.45) is 0 Å². The zero-order chi connectivity index (χ0) is 14.6.